The number of nitrogens with zero attached hydrogens (tertiary/aromatic N) is 2. The Bertz CT molecular complexity index is 339. The van der Waals surface area contributed by atoms with E-state index in [-0.39, 0.29) is 11.7 Å². The van der Waals surface area contributed by atoms with E-state index >= 15 is 0 Å². The van der Waals surface area contributed by atoms with Gasteiger partial charge in [-0.3, -0.25) is 9.48 Å². The van der Waals surface area contributed by atoms with Gasteiger partial charge in [0.2, 0.25) is 0 Å². The normalized spacial score (nSPS) is 13.1. The maximum atomic E-state index is 11.2. The summed E-state index contributed by atoms with van der Waals surface area (Å²) in [5, 5.41) is 4.54. The van der Waals surface area contributed by atoms with Crippen LogP contribution in [0.25, 0.3) is 0 Å². The predicted octanol–water partition coefficient (Wildman–Crippen LogP) is 3.01. The minimum absolute atomic E-state index is 0.0741. The molecule has 0 aliphatic rings. The van der Waals surface area contributed by atoms with Gasteiger partial charge in [-0.1, -0.05) is 20.8 Å². The molecule has 1 heterocycles. The van der Waals surface area contributed by atoms with Crippen LogP contribution in [0.5, 0.6) is 0 Å². The molecule has 3 nitrogen and oxygen atoms in total. The standard InChI is InChI=1S/C13H22N2O/c1-5-13(6-2)15-8-7-12(14-15)9-10(3)11(4)16/h7-8,10,13H,5-6,9H2,1-4H3. The summed E-state index contributed by atoms with van der Waals surface area (Å²) in [6.45, 7) is 7.95. The summed E-state index contributed by atoms with van der Waals surface area (Å²) in [6.07, 6.45) is 4.97. The van der Waals surface area contributed by atoms with Gasteiger partial charge in [0.05, 0.1) is 11.7 Å². The predicted molar refractivity (Wildman–Crippen MR) is 65.4 cm³/mol. The van der Waals surface area contributed by atoms with Gasteiger partial charge in [-0.25, -0.2) is 0 Å². The molecule has 1 unspecified atom stereocenters. The molecule has 0 N–H and O–H groups in total. The Morgan fingerprint density at radius 3 is 2.56 bits per heavy atom. The Morgan fingerprint density at radius 2 is 2.06 bits per heavy atom. The van der Waals surface area contributed by atoms with E-state index in [9.17, 15) is 4.79 Å². The molecule has 0 amide bonds. The first-order valence-corrected chi connectivity index (χ1v) is 6.12. The van der Waals surface area contributed by atoms with E-state index in [4.69, 9.17) is 0 Å². The lowest BCUT2D eigenvalue weighted by Crippen LogP contribution is -2.12. The number of hydrogen-bond acceptors (Lipinski definition) is 2. The summed E-state index contributed by atoms with van der Waals surface area (Å²) in [5.41, 5.74) is 1.02. The molecule has 3 heteroatoms. The van der Waals surface area contributed by atoms with Gasteiger partial charge < -0.3 is 0 Å². The van der Waals surface area contributed by atoms with Crippen LogP contribution in [0.2, 0.25) is 0 Å². The van der Waals surface area contributed by atoms with E-state index in [0.717, 1.165) is 25.0 Å². The maximum Gasteiger partial charge on any atom is 0.133 e. The van der Waals surface area contributed by atoms with E-state index in [1.807, 2.05) is 23.9 Å². The van der Waals surface area contributed by atoms with Crippen molar-refractivity contribution in [3.63, 3.8) is 0 Å². The third-order valence-electron chi connectivity index (χ3n) is 3.19. The monoisotopic (exact) mass is 222 g/mol. The molecular weight excluding hydrogens is 200 g/mol. The molecule has 0 fully saturated rings. The molecule has 1 aromatic rings. The first-order valence-electron chi connectivity index (χ1n) is 6.12. The highest BCUT2D eigenvalue weighted by molar-refractivity contribution is 5.78. The quantitative estimate of drug-likeness (QED) is 0.741. The van der Waals surface area contributed by atoms with Gasteiger partial charge in [-0.2, -0.15) is 5.10 Å². The smallest absolute Gasteiger partial charge is 0.133 e. The van der Waals surface area contributed by atoms with Gasteiger partial charge >= 0.3 is 0 Å². The number of Topliss-reactive ketones (excluding diaryl/α,β-unsaturated/α-hetero) is 1. The molecule has 1 atom stereocenters. The fraction of sp³-hybridized carbons (Fsp3) is 0.692. The van der Waals surface area contributed by atoms with E-state index in [1.165, 1.54) is 0 Å². The number of ketones is 1. The molecule has 0 saturated carbocycles. The second kappa shape index (κ2) is 5.83. The summed E-state index contributed by atoms with van der Waals surface area (Å²) < 4.78 is 2.03. The Labute approximate surface area is 97.8 Å². The summed E-state index contributed by atoms with van der Waals surface area (Å²) in [5.74, 6) is 0.308. The van der Waals surface area contributed by atoms with E-state index in [1.54, 1.807) is 6.92 Å². The molecule has 0 spiro atoms. The lowest BCUT2D eigenvalue weighted by molar-refractivity contribution is -0.120. The third kappa shape index (κ3) is 3.19. The van der Waals surface area contributed by atoms with Crippen molar-refractivity contribution < 1.29 is 4.79 Å². The molecule has 0 radical (unpaired) electrons. The van der Waals surface area contributed by atoms with Crippen molar-refractivity contribution in [3.8, 4) is 0 Å². The summed E-state index contributed by atoms with van der Waals surface area (Å²) in [7, 11) is 0. The topological polar surface area (TPSA) is 34.9 Å². The molecule has 16 heavy (non-hydrogen) atoms. The lowest BCUT2D eigenvalue weighted by atomic mass is 10.0. The van der Waals surface area contributed by atoms with Crippen molar-refractivity contribution in [2.45, 2.75) is 53.0 Å². The van der Waals surface area contributed by atoms with Gasteiger partial charge in [0, 0.05) is 18.5 Å². The van der Waals surface area contributed by atoms with Crippen molar-refractivity contribution in [3.05, 3.63) is 18.0 Å². The van der Waals surface area contributed by atoms with Gasteiger partial charge in [0.1, 0.15) is 5.78 Å². The largest absolute Gasteiger partial charge is 0.300 e. The van der Waals surface area contributed by atoms with Crippen molar-refractivity contribution in [2.75, 3.05) is 0 Å². The number of carbonyl (C=O) groups excluding carboxylic acids is 1. The van der Waals surface area contributed by atoms with Gasteiger partial charge in [0.15, 0.2) is 0 Å². The molecule has 0 aromatic carbocycles. The van der Waals surface area contributed by atoms with Crippen LogP contribution < -0.4 is 0 Å². The zero-order valence-electron chi connectivity index (χ0n) is 10.7. The molecule has 0 bridgehead atoms. The average Bonchev–Trinajstić information content (AvgIpc) is 2.68. The van der Waals surface area contributed by atoms with E-state index < -0.39 is 0 Å². The Morgan fingerprint density at radius 1 is 1.44 bits per heavy atom. The van der Waals surface area contributed by atoms with Gasteiger partial charge in [-0.15, -0.1) is 0 Å². The zero-order chi connectivity index (χ0) is 12.1. The summed E-state index contributed by atoms with van der Waals surface area (Å²) in [4.78, 5) is 11.2. The summed E-state index contributed by atoms with van der Waals surface area (Å²) in [6, 6.07) is 2.51. The number of hydrogen-bond donors (Lipinski definition) is 0. The first-order chi connectivity index (χ1) is 7.58. The van der Waals surface area contributed by atoms with Crippen molar-refractivity contribution >= 4 is 5.78 Å². The lowest BCUT2D eigenvalue weighted by Gasteiger charge is -2.12. The minimum Gasteiger partial charge on any atom is -0.300 e. The van der Waals surface area contributed by atoms with Crippen LogP contribution in [-0.2, 0) is 11.2 Å². The third-order valence-corrected chi connectivity index (χ3v) is 3.19. The van der Waals surface area contributed by atoms with Crippen LogP contribution >= 0.6 is 0 Å². The van der Waals surface area contributed by atoms with Gasteiger partial charge in [-0.05, 0) is 25.8 Å². The van der Waals surface area contributed by atoms with Crippen molar-refractivity contribution in [2.24, 2.45) is 5.92 Å². The Balaban J connectivity index is 2.67. The van der Waals surface area contributed by atoms with Crippen LogP contribution in [0, 0.1) is 5.92 Å². The molecule has 90 valence electrons. The fourth-order valence-electron chi connectivity index (χ4n) is 1.81. The van der Waals surface area contributed by atoms with Gasteiger partial charge in [0.25, 0.3) is 0 Å². The highest BCUT2D eigenvalue weighted by Crippen LogP contribution is 2.15. The first kappa shape index (κ1) is 12.9. The highest BCUT2D eigenvalue weighted by atomic mass is 16.1. The molecule has 0 saturated heterocycles. The molecule has 1 rings (SSSR count). The Hall–Kier alpha value is -1.12. The number of aromatic nitrogens is 2. The van der Waals surface area contributed by atoms with Crippen LogP contribution in [0.15, 0.2) is 12.3 Å². The fourth-order valence-corrected chi connectivity index (χ4v) is 1.81. The van der Waals surface area contributed by atoms with E-state index in [2.05, 4.69) is 18.9 Å². The van der Waals surface area contributed by atoms with Crippen LogP contribution in [0.4, 0.5) is 0 Å². The average molecular weight is 222 g/mol. The summed E-state index contributed by atoms with van der Waals surface area (Å²) >= 11 is 0. The number of carbonyl (C=O) groups is 1. The SMILES string of the molecule is CCC(CC)n1ccc(CC(C)C(C)=O)n1. The van der Waals surface area contributed by atoms with Crippen LogP contribution in [0.1, 0.15) is 52.3 Å². The second-order valence-corrected chi connectivity index (χ2v) is 4.47. The molecule has 1 aromatic heterocycles. The van der Waals surface area contributed by atoms with Crippen LogP contribution in [-0.4, -0.2) is 15.6 Å². The zero-order valence-corrected chi connectivity index (χ0v) is 10.7. The van der Waals surface area contributed by atoms with Crippen LogP contribution in [0.3, 0.4) is 0 Å². The van der Waals surface area contributed by atoms with Crippen molar-refractivity contribution in [1.82, 2.24) is 9.78 Å². The molecule has 0 aliphatic carbocycles. The minimum atomic E-state index is 0.0741. The maximum absolute atomic E-state index is 11.2. The number of rotatable bonds is 6. The highest BCUT2D eigenvalue weighted by Gasteiger charge is 2.12. The molecule has 0 aliphatic heterocycles. The second-order valence-electron chi connectivity index (χ2n) is 4.47. The molecular formula is C13H22N2O. The van der Waals surface area contributed by atoms with Crippen molar-refractivity contribution in [1.29, 1.82) is 0 Å². The Kier molecular flexibility index (Phi) is 4.71. The van der Waals surface area contributed by atoms with E-state index in [0.29, 0.717) is 6.04 Å².